The smallest absolute Gasteiger partial charge is 0.156 e. The second-order valence-electron chi connectivity index (χ2n) is 6.09. The van der Waals surface area contributed by atoms with E-state index >= 15 is 0 Å². The van der Waals surface area contributed by atoms with Crippen LogP contribution in [-0.4, -0.2) is 29.3 Å². The van der Waals surface area contributed by atoms with Crippen molar-refractivity contribution in [2.45, 2.75) is 34.1 Å². The molecule has 0 aromatic carbocycles. The van der Waals surface area contributed by atoms with E-state index in [1.165, 1.54) is 5.57 Å². The van der Waals surface area contributed by atoms with E-state index in [2.05, 4.69) is 41.7 Å². The number of nitrogens with zero attached hydrogens (tertiary/aromatic N) is 3. The fraction of sp³-hybridized carbons (Fsp3) is 0.533. The fourth-order valence-corrected chi connectivity index (χ4v) is 2.67. The first-order valence-corrected chi connectivity index (χ1v) is 7.14. The molecule has 1 aliphatic heterocycles. The molecule has 108 valence electrons. The number of aryl methyl sites for hydroxylation is 1. The molecule has 0 N–H and O–H groups in total. The molecule has 0 atom stereocenters. The second kappa shape index (κ2) is 5.52. The third kappa shape index (κ3) is 3.01. The van der Waals surface area contributed by atoms with Crippen LogP contribution in [-0.2, 0) is 0 Å². The summed E-state index contributed by atoms with van der Waals surface area (Å²) in [5.74, 6) is 1.22. The molecule has 0 unspecified atom stereocenters. The van der Waals surface area contributed by atoms with Gasteiger partial charge in [-0.1, -0.05) is 44.0 Å². The van der Waals surface area contributed by atoms with Gasteiger partial charge >= 0.3 is 0 Å². The lowest BCUT2D eigenvalue weighted by atomic mass is 9.83. The molecular weight excluding hydrogens is 274 g/mol. The molecule has 0 radical (unpaired) electrons. The van der Waals surface area contributed by atoms with Gasteiger partial charge in [0.1, 0.15) is 16.8 Å². The minimum atomic E-state index is 0.193. The summed E-state index contributed by atoms with van der Waals surface area (Å²) in [6.45, 7) is 10.0. The highest BCUT2D eigenvalue weighted by molar-refractivity contribution is 6.32. The van der Waals surface area contributed by atoms with Crippen LogP contribution in [0, 0.1) is 12.3 Å². The monoisotopic (exact) mass is 293 g/mol. The molecule has 1 aromatic rings. The Morgan fingerprint density at radius 2 is 2.05 bits per heavy atom. The van der Waals surface area contributed by atoms with Gasteiger partial charge in [0.2, 0.25) is 0 Å². The molecule has 0 fully saturated rings. The third-order valence-corrected chi connectivity index (χ3v) is 3.87. The van der Waals surface area contributed by atoms with E-state index in [1.54, 1.807) is 6.92 Å². The molecule has 0 bridgehead atoms. The molecule has 4 nitrogen and oxygen atoms in total. The van der Waals surface area contributed by atoms with Gasteiger partial charge in [-0.3, -0.25) is 4.79 Å². The van der Waals surface area contributed by atoms with Gasteiger partial charge in [-0.25, -0.2) is 9.97 Å². The zero-order valence-corrected chi connectivity index (χ0v) is 13.2. The maximum Gasteiger partial charge on any atom is 0.156 e. The predicted octanol–water partition coefficient (Wildman–Crippen LogP) is 3.43. The Balaban J connectivity index is 2.32. The van der Waals surface area contributed by atoms with Gasteiger partial charge in [-0.2, -0.15) is 0 Å². The highest BCUT2D eigenvalue weighted by Crippen LogP contribution is 2.32. The van der Waals surface area contributed by atoms with E-state index in [4.69, 9.17) is 11.6 Å². The fourth-order valence-electron chi connectivity index (χ4n) is 2.42. The van der Waals surface area contributed by atoms with Crippen LogP contribution in [0.5, 0.6) is 0 Å². The highest BCUT2D eigenvalue weighted by Gasteiger charge is 2.24. The van der Waals surface area contributed by atoms with Crippen LogP contribution >= 0.6 is 11.6 Å². The average Bonchev–Trinajstić information content (AvgIpc) is 2.37. The van der Waals surface area contributed by atoms with Crippen molar-refractivity contribution >= 4 is 23.7 Å². The number of carbonyl (C=O) groups excluding carboxylic acids is 1. The quantitative estimate of drug-likeness (QED) is 0.476. The van der Waals surface area contributed by atoms with E-state index in [9.17, 15) is 4.79 Å². The van der Waals surface area contributed by atoms with Crippen molar-refractivity contribution in [1.82, 2.24) is 9.97 Å². The number of aromatic nitrogens is 2. The second-order valence-corrected chi connectivity index (χ2v) is 6.45. The van der Waals surface area contributed by atoms with Gasteiger partial charge in [-0.05, 0) is 18.8 Å². The zero-order chi connectivity index (χ0) is 14.9. The number of hydrogen-bond acceptors (Lipinski definition) is 4. The lowest BCUT2D eigenvalue weighted by Crippen LogP contribution is -2.33. The summed E-state index contributed by atoms with van der Waals surface area (Å²) in [6, 6.07) is 0. The van der Waals surface area contributed by atoms with Crippen molar-refractivity contribution < 1.29 is 4.79 Å². The first-order chi connectivity index (χ1) is 9.32. The number of aldehydes is 1. The molecular formula is C15H20ClN3O. The number of carbonyl (C=O) groups is 1. The Kier molecular flexibility index (Phi) is 4.14. The Hall–Kier alpha value is -1.42. The van der Waals surface area contributed by atoms with Crippen molar-refractivity contribution in [2.24, 2.45) is 5.41 Å². The van der Waals surface area contributed by atoms with Crippen LogP contribution in [0.25, 0.3) is 0 Å². The molecule has 0 saturated heterocycles. The number of anilines is 1. The van der Waals surface area contributed by atoms with Crippen LogP contribution < -0.4 is 4.90 Å². The largest absolute Gasteiger partial charge is 0.352 e. The summed E-state index contributed by atoms with van der Waals surface area (Å²) < 4.78 is 0. The molecule has 0 saturated carbocycles. The Morgan fingerprint density at radius 3 is 2.55 bits per heavy atom. The van der Waals surface area contributed by atoms with Crippen LogP contribution in [0.2, 0.25) is 5.15 Å². The van der Waals surface area contributed by atoms with Gasteiger partial charge in [0.05, 0.1) is 5.56 Å². The molecule has 1 aromatic heterocycles. The van der Waals surface area contributed by atoms with Crippen molar-refractivity contribution in [3.05, 3.63) is 28.2 Å². The van der Waals surface area contributed by atoms with Gasteiger partial charge in [0.15, 0.2) is 6.29 Å². The van der Waals surface area contributed by atoms with E-state index in [0.717, 1.165) is 25.8 Å². The molecule has 5 heteroatoms. The SMILES string of the molecule is Cc1nc(Cl)c(C=O)c(N2CC=C(C(C)(C)C)CC2)n1. The van der Waals surface area contributed by atoms with Gasteiger partial charge in [0.25, 0.3) is 0 Å². The van der Waals surface area contributed by atoms with Gasteiger partial charge in [0, 0.05) is 13.1 Å². The van der Waals surface area contributed by atoms with E-state index < -0.39 is 0 Å². The maximum atomic E-state index is 11.2. The summed E-state index contributed by atoms with van der Waals surface area (Å²) in [6.07, 6.45) is 3.94. The lowest BCUT2D eigenvalue weighted by molar-refractivity contribution is 0.112. The van der Waals surface area contributed by atoms with Crippen LogP contribution in [0.3, 0.4) is 0 Å². The molecule has 0 aliphatic carbocycles. The Bertz CT molecular complexity index is 561. The molecule has 0 amide bonds. The van der Waals surface area contributed by atoms with Crippen LogP contribution in [0.15, 0.2) is 11.6 Å². The number of rotatable bonds is 2. The Morgan fingerprint density at radius 1 is 1.35 bits per heavy atom. The van der Waals surface area contributed by atoms with Crippen molar-refractivity contribution in [2.75, 3.05) is 18.0 Å². The standard InChI is InChI=1S/C15H20ClN3O/c1-10-17-13(16)12(9-20)14(18-10)19-7-5-11(6-8-19)15(2,3)4/h5,9H,6-8H2,1-4H3. The lowest BCUT2D eigenvalue weighted by Gasteiger charge is -2.33. The van der Waals surface area contributed by atoms with Gasteiger partial charge < -0.3 is 4.90 Å². The van der Waals surface area contributed by atoms with E-state index in [-0.39, 0.29) is 10.6 Å². The predicted molar refractivity (Wildman–Crippen MR) is 81.5 cm³/mol. The normalized spacial score (nSPS) is 16.1. The summed E-state index contributed by atoms with van der Waals surface area (Å²) in [5.41, 5.74) is 2.02. The first kappa shape index (κ1) is 15.0. The number of halogens is 1. The highest BCUT2D eigenvalue weighted by atomic mass is 35.5. The van der Waals surface area contributed by atoms with Crippen LogP contribution in [0.1, 0.15) is 43.4 Å². The van der Waals surface area contributed by atoms with Crippen LogP contribution in [0.4, 0.5) is 5.82 Å². The van der Waals surface area contributed by atoms with Crippen molar-refractivity contribution in [3.8, 4) is 0 Å². The number of hydrogen-bond donors (Lipinski definition) is 0. The average molecular weight is 294 g/mol. The molecule has 2 heterocycles. The third-order valence-electron chi connectivity index (χ3n) is 3.58. The van der Waals surface area contributed by atoms with Gasteiger partial charge in [-0.15, -0.1) is 0 Å². The van der Waals surface area contributed by atoms with Crippen molar-refractivity contribution in [3.63, 3.8) is 0 Å². The maximum absolute atomic E-state index is 11.2. The topological polar surface area (TPSA) is 46.1 Å². The molecule has 2 rings (SSSR count). The zero-order valence-electron chi connectivity index (χ0n) is 12.4. The van der Waals surface area contributed by atoms with E-state index in [0.29, 0.717) is 17.2 Å². The molecule has 0 spiro atoms. The summed E-state index contributed by atoms with van der Waals surface area (Å²) in [4.78, 5) is 21.7. The summed E-state index contributed by atoms with van der Waals surface area (Å²) in [5, 5.41) is 0.230. The minimum absolute atomic E-state index is 0.193. The first-order valence-electron chi connectivity index (χ1n) is 6.76. The summed E-state index contributed by atoms with van der Waals surface area (Å²) in [7, 11) is 0. The molecule has 1 aliphatic rings. The Labute approximate surface area is 124 Å². The summed E-state index contributed by atoms with van der Waals surface area (Å²) >= 11 is 6.03. The minimum Gasteiger partial charge on any atom is -0.352 e. The van der Waals surface area contributed by atoms with E-state index in [1.807, 2.05) is 0 Å². The molecule has 20 heavy (non-hydrogen) atoms. The van der Waals surface area contributed by atoms with Crippen molar-refractivity contribution in [1.29, 1.82) is 0 Å².